The number of carbonyl (C=O) groups excluding carboxylic acids is 1. The van der Waals surface area contributed by atoms with Crippen molar-refractivity contribution in [2.45, 2.75) is 37.8 Å². The highest BCUT2D eigenvalue weighted by Crippen LogP contribution is 2.33. The molecule has 36 heavy (non-hydrogen) atoms. The normalized spacial score (nSPS) is 19.7. The number of hydrogen-bond acceptors (Lipinski definition) is 6. The highest BCUT2D eigenvalue weighted by molar-refractivity contribution is 5.97. The van der Waals surface area contributed by atoms with Gasteiger partial charge >= 0.3 is 0 Å². The molecule has 1 fully saturated rings. The monoisotopic (exact) mass is 490 g/mol. The Bertz CT molecular complexity index is 1550. The maximum absolute atomic E-state index is 14.3. The highest BCUT2D eigenvalue weighted by atomic mass is 19.1. The van der Waals surface area contributed by atoms with Gasteiger partial charge in [-0.1, -0.05) is 0 Å². The van der Waals surface area contributed by atoms with E-state index in [1.54, 1.807) is 12.3 Å². The maximum atomic E-state index is 14.3. The van der Waals surface area contributed by atoms with Crippen molar-refractivity contribution in [3.63, 3.8) is 0 Å². The van der Waals surface area contributed by atoms with Crippen LogP contribution in [0.5, 0.6) is 0 Å². The number of amides is 1. The molecule has 2 aliphatic rings. The Balaban J connectivity index is 1.31. The fraction of sp³-hybridized carbons (Fsp3) is 0.320. The second-order valence-corrected chi connectivity index (χ2v) is 9.26. The zero-order chi connectivity index (χ0) is 24.8. The van der Waals surface area contributed by atoms with Gasteiger partial charge in [-0.2, -0.15) is 10.2 Å². The van der Waals surface area contributed by atoms with Crippen molar-refractivity contribution >= 4 is 33.7 Å². The first-order chi connectivity index (χ1) is 17.5. The molecular weight excluding hydrogens is 466 g/mol. The third-order valence-corrected chi connectivity index (χ3v) is 6.80. The lowest BCUT2D eigenvalue weighted by molar-refractivity contribution is -0.118. The standard InChI is InChI=1S/C25H24F2N8O/c1-35-8-6-16-22(30-14-3-2-4-15(11-14)31-25(36)20-5-7-29-34-20)32-23(33-24(16)35)18-12-28-21-17(18)9-13(26)10-19(21)27/h5-6,8-10,12,14-15,28H,2-4,7,11H2,1H3,(H,31,36)(H,30,32,33)/t14-,15+/m1/s1. The van der Waals surface area contributed by atoms with Crippen molar-refractivity contribution in [3.8, 4) is 11.4 Å². The SMILES string of the molecule is Cn1ccc2c(N[C@@H]3CCC[C@H](NC(=O)C4=CCN=N4)C3)nc(-c3c[nH]c4c(F)cc(F)cc34)nc21. The second kappa shape index (κ2) is 8.81. The minimum absolute atomic E-state index is 0.00703. The molecule has 4 aromatic rings. The van der Waals surface area contributed by atoms with Crippen LogP contribution in [0.2, 0.25) is 0 Å². The van der Waals surface area contributed by atoms with Crippen LogP contribution in [0.4, 0.5) is 14.6 Å². The molecule has 0 spiro atoms. The molecule has 1 amide bonds. The molecular formula is C25H24F2N8O. The van der Waals surface area contributed by atoms with Gasteiger partial charge in [0.1, 0.15) is 28.8 Å². The number of aryl methyl sites for hydroxylation is 1. The fourth-order valence-electron chi connectivity index (χ4n) is 5.04. The van der Waals surface area contributed by atoms with Crippen LogP contribution < -0.4 is 10.6 Å². The molecule has 0 unspecified atom stereocenters. The molecule has 1 aliphatic heterocycles. The summed E-state index contributed by atoms with van der Waals surface area (Å²) in [5.41, 5.74) is 1.79. The highest BCUT2D eigenvalue weighted by Gasteiger charge is 2.26. The Labute approximate surface area is 204 Å². The van der Waals surface area contributed by atoms with Gasteiger partial charge in [0, 0.05) is 48.5 Å². The van der Waals surface area contributed by atoms with Crippen LogP contribution in [-0.2, 0) is 11.8 Å². The summed E-state index contributed by atoms with van der Waals surface area (Å²) in [6, 6.07) is 4.15. The van der Waals surface area contributed by atoms with Gasteiger partial charge in [0.15, 0.2) is 5.82 Å². The molecule has 184 valence electrons. The van der Waals surface area contributed by atoms with Gasteiger partial charge in [-0.05, 0) is 43.9 Å². The van der Waals surface area contributed by atoms with Crippen molar-refractivity contribution in [3.05, 3.63) is 54.0 Å². The first kappa shape index (κ1) is 22.3. The van der Waals surface area contributed by atoms with Crippen LogP contribution in [0.25, 0.3) is 33.3 Å². The van der Waals surface area contributed by atoms with E-state index in [1.165, 1.54) is 6.07 Å². The van der Waals surface area contributed by atoms with E-state index in [4.69, 9.17) is 9.97 Å². The summed E-state index contributed by atoms with van der Waals surface area (Å²) in [4.78, 5) is 24.8. The van der Waals surface area contributed by atoms with E-state index in [1.807, 2.05) is 23.9 Å². The Hall–Kier alpha value is -4.15. The lowest BCUT2D eigenvalue weighted by Gasteiger charge is -2.30. The Morgan fingerprint density at radius 1 is 1.17 bits per heavy atom. The van der Waals surface area contributed by atoms with E-state index in [0.717, 1.165) is 37.1 Å². The van der Waals surface area contributed by atoms with Gasteiger partial charge < -0.3 is 20.2 Å². The van der Waals surface area contributed by atoms with Gasteiger partial charge in [-0.25, -0.2) is 18.7 Å². The number of aromatic nitrogens is 4. The van der Waals surface area contributed by atoms with Gasteiger partial charge in [-0.15, -0.1) is 0 Å². The van der Waals surface area contributed by atoms with E-state index in [0.29, 0.717) is 40.5 Å². The molecule has 11 heteroatoms. The number of nitrogens with one attached hydrogen (secondary N) is 3. The van der Waals surface area contributed by atoms with Crippen LogP contribution >= 0.6 is 0 Å². The van der Waals surface area contributed by atoms with Crippen molar-refractivity contribution in [1.82, 2.24) is 24.8 Å². The Morgan fingerprint density at radius 2 is 2.03 bits per heavy atom. The average Bonchev–Trinajstić information content (AvgIpc) is 3.60. The van der Waals surface area contributed by atoms with Crippen molar-refractivity contribution < 1.29 is 13.6 Å². The molecule has 6 rings (SSSR count). The van der Waals surface area contributed by atoms with Crippen LogP contribution in [0, 0.1) is 11.6 Å². The molecule has 3 aromatic heterocycles. The predicted octanol–water partition coefficient (Wildman–Crippen LogP) is 4.58. The number of anilines is 1. The molecule has 4 heterocycles. The summed E-state index contributed by atoms with van der Waals surface area (Å²) in [6.45, 7) is 0.441. The first-order valence-electron chi connectivity index (χ1n) is 11.9. The van der Waals surface area contributed by atoms with E-state index < -0.39 is 11.6 Å². The molecule has 1 aromatic carbocycles. The number of rotatable bonds is 5. The quantitative estimate of drug-likeness (QED) is 0.380. The number of carbonyl (C=O) groups is 1. The molecule has 9 nitrogen and oxygen atoms in total. The Morgan fingerprint density at radius 3 is 2.86 bits per heavy atom. The van der Waals surface area contributed by atoms with Crippen molar-refractivity contribution in [2.75, 3.05) is 11.9 Å². The maximum Gasteiger partial charge on any atom is 0.271 e. The van der Waals surface area contributed by atoms with Crippen LogP contribution in [-0.4, -0.2) is 44.1 Å². The number of azo groups is 1. The lowest BCUT2D eigenvalue weighted by atomic mass is 9.90. The number of aromatic amines is 1. The molecule has 3 N–H and O–H groups in total. The number of hydrogen-bond donors (Lipinski definition) is 3. The predicted molar refractivity (Wildman–Crippen MR) is 131 cm³/mol. The van der Waals surface area contributed by atoms with E-state index in [9.17, 15) is 13.6 Å². The van der Waals surface area contributed by atoms with Crippen LogP contribution in [0.3, 0.4) is 0 Å². The van der Waals surface area contributed by atoms with E-state index in [2.05, 4.69) is 25.8 Å². The third-order valence-electron chi connectivity index (χ3n) is 6.80. The van der Waals surface area contributed by atoms with Gasteiger partial charge in [-0.3, -0.25) is 4.79 Å². The molecule has 0 radical (unpaired) electrons. The summed E-state index contributed by atoms with van der Waals surface area (Å²) in [5.74, 6) is -0.521. The van der Waals surface area contributed by atoms with E-state index >= 15 is 0 Å². The van der Waals surface area contributed by atoms with E-state index in [-0.39, 0.29) is 23.5 Å². The molecule has 2 atom stereocenters. The van der Waals surface area contributed by atoms with Crippen molar-refractivity contribution in [1.29, 1.82) is 0 Å². The number of benzene rings is 1. The van der Waals surface area contributed by atoms with Gasteiger partial charge in [0.25, 0.3) is 5.91 Å². The number of fused-ring (bicyclic) bond motifs is 2. The smallest absolute Gasteiger partial charge is 0.271 e. The van der Waals surface area contributed by atoms with Crippen molar-refractivity contribution in [2.24, 2.45) is 17.3 Å². The number of H-pyrrole nitrogens is 1. The topological polar surface area (TPSA) is 112 Å². The molecule has 0 saturated heterocycles. The zero-order valence-electron chi connectivity index (χ0n) is 19.6. The largest absolute Gasteiger partial charge is 0.367 e. The van der Waals surface area contributed by atoms with Gasteiger partial charge in [0.05, 0.1) is 17.4 Å². The minimum atomic E-state index is -0.667. The Kier molecular flexibility index (Phi) is 5.46. The summed E-state index contributed by atoms with van der Waals surface area (Å²) in [7, 11) is 1.89. The molecule has 1 saturated carbocycles. The van der Waals surface area contributed by atoms with Crippen LogP contribution in [0.15, 0.2) is 52.6 Å². The summed E-state index contributed by atoms with van der Waals surface area (Å²) < 4.78 is 30.2. The fourth-order valence-corrected chi connectivity index (χ4v) is 5.04. The summed E-state index contributed by atoms with van der Waals surface area (Å²) >= 11 is 0. The first-order valence-corrected chi connectivity index (χ1v) is 11.9. The molecule has 1 aliphatic carbocycles. The van der Waals surface area contributed by atoms with Gasteiger partial charge in [0.2, 0.25) is 0 Å². The second-order valence-electron chi connectivity index (χ2n) is 9.26. The summed E-state index contributed by atoms with van der Waals surface area (Å²) in [6.07, 6.45) is 8.69. The number of halogens is 2. The average molecular weight is 491 g/mol. The minimum Gasteiger partial charge on any atom is -0.367 e. The third kappa shape index (κ3) is 4.00. The zero-order valence-corrected chi connectivity index (χ0v) is 19.6. The van der Waals surface area contributed by atoms with Crippen LogP contribution in [0.1, 0.15) is 25.7 Å². The number of nitrogens with zero attached hydrogens (tertiary/aromatic N) is 5. The summed E-state index contributed by atoms with van der Waals surface area (Å²) in [5, 5.41) is 15.6. The molecule has 0 bridgehead atoms. The lowest BCUT2D eigenvalue weighted by Crippen LogP contribution is -2.42.